The molecule has 0 fully saturated rings. The zero-order chi connectivity index (χ0) is 10.4. The zero-order valence-electron chi connectivity index (χ0n) is 8.06. The molecule has 0 bridgehead atoms. The van der Waals surface area contributed by atoms with Gasteiger partial charge in [0.15, 0.2) is 11.6 Å². The van der Waals surface area contributed by atoms with E-state index < -0.39 is 0 Å². The summed E-state index contributed by atoms with van der Waals surface area (Å²) < 4.78 is 13.3. The number of nitrogens with one attached hydrogen (secondary N) is 1. The number of nitrogens with zero attached hydrogens (tertiary/aromatic N) is 2. The van der Waals surface area contributed by atoms with Gasteiger partial charge in [-0.15, -0.1) is 11.6 Å². The number of halogens is 2. The molecule has 0 atom stereocenters. The van der Waals surface area contributed by atoms with Crippen molar-refractivity contribution in [3.8, 4) is 0 Å². The van der Waals surface area contributed by atoms with Crippen molar-refractivity contribution in [2.45, 2.75) is 19.8 Å². The molecule has 5 heteroatoms. The SMILES string of the molecule is Cc1ncnc(NCCCCCl)c1F. The van der Waals surface area contributed by atoms with Gasteiger partial charge in [-0.25, -0.2) is 14.4 Å². The van der Waals surface area contributed by atoms with Crippen LogP contribution in [0.1, 0.15) is 18.5 Å². The lowest BCUT2D eigenvalue weighted by molar-refractivity contribution is 0.604. The standard InChI is InChI=1S/C9H13ClFN3/c1-7-8(11)9(14-6-13-7)12-5-3-2-4-10/h6H,2-5H2,1H3,(H,12,13,14). The van der Waals surface area contributed by atoms with Crippen molar-refractivity contribution in [1.82, 2.24) is 9.97 Å². The van der Waals surface area contributed by atoms with Gasteiger partial charge >= 0.3 is 0 Å². The third-order valence-electron chi connectivity index (χ3n) is 1.82. The van der Waals surface area contributed by atoms with Crippen LogP contribution < -0.4 is 5.32 Å². The predicted octanol–water partition coefficient (Wildman–Crippen LogP) is 2.36. The van der Waals surface area contributed by atoms with Crippen molar-refractivity contribution in [3.05, 3.63) is 17.8 Å². The number of hydrogen-bond acceptors (Lipinski definition) is 3. The minimum Gasteiger partial charge on any atom is -0.368 e. The average Bonchev–Trinajstić information content (AvgIpc) is 2.19. The molecule has 0 aliphatic heterocycles. The number of unbranched alkanes of at least 4 members (excludes halogenated alkanes) is 1. The van der Waals surface area contributed by atoms with E-state index in [2.05, 4.69) is 15.3 Å². The topological polar surface area (TPSA) is 37.8 Å². The molecular weight excluding hydrogens is 205 g/mol. The van der Waals surface area contributed by atoms with Crippen LogP contribution in [-0.4, -0.2) is 22.4 Å². The lowest BCUT2D eigenvalue weighted by atomic mass is 10.3. The molecule has 78 valence electrons. The average molecular weight is 218 g/mol. The van der Waals surface area contributed by atoms with Crippen LogP contribution >= 0.6 is 11.6 Å². The van der Waals surface area contributed by atoms with Gasteiger partial charge in [-0.1, -0.05) is 0 Å². The number of anilines is 1. The van der Waals surface area contributed by atoms with E-state index in [1.54, 1.807) is 6.92 Å². The van der Waals surface area contributed by atoms with Crippen molar-refractivity contribution in [2.24, 2.45) is 0 Å². The maximum atomic E-state index is 13.3. The van der Waals surface area contributed by atoms with Crippen molar-refractivity contribution in [1.29, 1.82) is 0 Å². The second-order valence-electron chi connectivity index (χ2n) is 2.94. The third kappa shape index (κ3) is 3.10. The molecule has 0 aromatic carbocycles. The van der Waals surface area contributed by atoms with E-state index in [9.17, 15) is 4.39 Å². The van der Waals surface area contributed by atoms with E-state index in [-0.39, 0.29) is 11.6 Å². The summed E-state index contributed by atoms with van der Waals surface area (Å²) in [5.74, 6) is 0.526. The molecule has 1 rings (SSSR count). The smallest absolute Gasteiger partial charge is 0.186 e. The third-order valence-corrected chi connectivity index (χ3v) is 2.08. The van der Waals surface area contributed by atoms with Crippen LogP contribution in [-0.2, 0) is 0 Å². The normalized spacial score (nSPS) is 10.2. The van der Waals surface area contributed by atoms with Gasteiger partial charge in [-0.3, -0.25) is 0 Å². The van der Waals surface area contributed by atoms with Gasteiger partial charge in [-0.05, 0) is 19.8 Å². The van der Waals surface area contributed by atoms with E-state index >= 15 is 0 Å². The van der Waals surface area contributed by atoms with Gasteiger partial charge in [0, 0.05) is 12.4 Å². The summed E-state index contributed by atoms with van der Waals surface area (Å²) in [6, 6.07) is 0. The monoisotopic (exact) mass is 217 g/mol. The fraction of sp³-hybridized carbons (Fsp3) is 0.556. The quantitative estimate of drug-likeness (QED) is 0.608. The minimum absolute atomic E-state index is 0.270. The zero-order valence-corrected chi connectivity index (χ0v) is 8.81. The number of alkyl halides is 1. The van der Waals surface area contributed by atoms with Gasteiger partial charge in [-0.2, -0.15) is 0 Å². The number of rotatable bonds is 5. The molecule has 1 aromatic heterocycles. The van der Waals surface area contributed by atoms with Crippen LogP contribution in [0.5, 0.6) is 0 Å². The van der Waals surface area contributed by atoms with Crippen LogP contribution in [0.4, 0.5) is 10.2 Å². The van der Waals surface area contributed by atoms with E-state index in [0.717, 1.165) is 12.8 Å². The molecule has 0 radical (unpaired) electrons. The summed E-state index contributed by atoms with van der Waals surface area (Å²) in [7, 11) is 0. The Morgan fingerprint density at radius 1 is 1.43 bits per heavy atom. The van der Waals surface area contributed by atoms with Crippen molar-refractivity contribution >= 4 is 17.4 Å². The van der Waals surface area contributed by atoms with Crippen LogP contribution in [0.3, 0.4) is 0 Å². The summed E-state index contributed by atoms with van der Waals surface area (Å²) in [6.45, 7) is 2.29. The predicted molar refractivity (Wildman–Crippen MR) is 55.2 cm³/mol. The van der Waals surface area contributed by atoms with E-state index in [1.165, 1.54) is 6.33 Å². The lowest BCUT2D eigenvalue weighted by Gasteiger charge is -2.06. The minimum atomic E-state index is -0.377. The van der Waals surface area contributed by atoms with Crippen molar-refractivity contribution < 1.29 is 4.39 Å². The molecule has 0 saturated carbocycles. The Balaban J connectivity index is 2.46. The molecule has 0 amide bonds. The summed E-state index contributed by atoms with van der Waals surface area (Å²) >= 11 is 5.51. The molecule has 1 N–H and O–H groups in total. The molecule has 0 unspecified atom stereocenters. The first kappa shape index (κ1) is 11.2. The highest BCUT2D eigenvalue weighted by atomic mass is 35.5. The number of hydrogen-bond donors (Lipinski definition) is 1. The maximum Gasteiger partial charge on any atom is 0.186 e. The molecule has 0 spiro atoms. The molecule has 14 heavy (non-hydrogen) atoms. The van der Waals surface area contributed by atoms with Crippen LogP contribution in [0.25, 0.3) is 0 Å². The molecule has 3 nitrogen and oxygen atoms in total. The Hall–Kier alpha value is -0.900. The Morgan fingerprint density at radius 3 is 2.93 bits per heavy atom. The summed E-state index contributed by atoms with van der Waals surface area (Å²) in [5, 5.41) is 2.90. The first-order valence-corrected chi connectivity index (χ1v) is 5.06. The first-order chi connectivity index (χ1) is 6.75. The molecular formula is C9H13ClFN3. The Labute approximate surface area is 87.7 Å². The maximum absolute atomic E-state index is 13.3. The van der Waals surface area contributed by atoms with Gasteiger partial charge in [0.2, 0.25) is 0 Å². The molecule has 0 saturated heterocycles. The van der Waals surface area contributed by atoms with Crippen LogP contribution in [0, 0.1) is 12.7 Å². The van der Waals surface area contributed by atoms with E-state index in [1.807, 2.05) is 0 Å². The number of aryl methyl sites for hydroxylation is 1. The lowest BCUT2D eigenvalue weighted by Crippen LogP contribution is -2.07. The van der Waals surface area contributed by atoms with Gasteiger partial charge in [0.25, 0.3) is 0 Å². The fourth-order valence-electron chi connectivity index (χ4n) is 1.01. The molecule has 0 aliphatic carbocycles. The molecule has 0 aliphatic rings. The number of aromatic nitrogens is 2. The Morgan fingerprint density at radius 2 is 2.21 bits per heavy atom. The fourth-order valence-corrected chi connectivity index (χ4v) is 1.20. The second kappa shape index (κ2) is 5.75. The highest BCUT2D eigenvalue weighted by molar-refractivity contribution is 6.17. The van der Waals surface area contributed by atoms with Gasteiger partial charge < -0.3 is 5.32 Å². The van der Waals surface area contributed by atoms with Crippen LogP contribution in [0.2, 0.25) is 0 Å². The Bertz CT molecular complexity index is 293. The highest BCUT2D eigenvalue weighted by Gasteiger charge is 2.05. The second-order valence-corrected chi connectivity index (χ2v) is 3.32. The van der Waals surface area contributed by atoms with E-state index in [0.29, 0.717) is 18.1 Å². The summed E-state index contributed by atoms with van der Waals surface area (Å²) in [6.07, 6.45) is 3.18. The van der Waals surface area contributed by atoms with E-state index in [4.69, 9.17) is 11.6 Å². The van der Waals surface area contributed by atoms with Crippen molar-refractivity contribution in [2.75, 3.05) is 17.7 Å². The largest absolute Gasteiger partial charge is 0.368 e. The summed E-state index contributed by atoms with van der Waals surface area (Å²) in [4.78, 5) is 7.54. The van der Waals surface area contributed by atoms with Gasteiger partial charge in [0.1, 0.15) is 6.33 Å². The Kier molecular flexibility index (Phi) is 4.59. The van der Waals surface area contributed by atoms with Crippen LogP contribution in [0.15, 0.2) is 6.33 Å². The highest BCUT2D eigenvalue weighted by Crippen LogP contribution is 2.11. The molecule has 1 heterocycles. The summed E-state index contributed by atoms with van der Waals surface area (Å²) in [5.41, 5.74) is 0.361. The first-order valence-electron chi connectivity index (χ1n) is 4.52. The van der Waals surface area contributed by atoms with Gasteiger partial charge in [0.05, 0.1) is 5.69 Å². The molecule has 1 aromatic rings. The van der Waals surface area contributed by atoms with Crippen molar-refractivity contribution in [3.63, 3.8) is 0 Å².